The van der Waals surface area contributed by atoms with E-state index in [1.165, 1.54) is 0 Å². The smallest absolute Gasteiger partial charge is 0.404 e. The quantitative estimate of drug-likeness (QED) is 0.663. The summed E-state index contributed by atoms with van der Waals surface area (Å²) in [5, 5.41) is 23.3. The number of aliphatic hydroxyl groups excluding tert-OH is 1. The number of hydrogen-bond acceptors (Lipinski definition) is 5. The number of hydrogen-bond donors (Lipinski definition) is 3. The van der Waals surface area contributed by atoms with Crippen molar-refractivity contribution in [2.24, 2.45) is 0 Å². The molecular formula is C9H15N3O4. The second-order valence-electron chi connectivity index (χ2n) is 4.04. The van der Waals surface area contributed by atoms with Crippen LogP contribution in [0.5, 0.6) is 0 Å². The number of aliphatic hydroxyl groups is 1. The molecule has 1 amide bonds. The van der Waals surface area contributed by atoms with Crippen LogP contribution in [0.3, 0.4) is 0 Å². The molecule has 0 saturated heterocycles. The van der Waals surface area contributed by atoms with Crippen molar-refractivity contribution in [1.29, 1.82) is 0 Å². The van der Waals surface area contributed by atoms with Crippen molar-refractivity contribution in [3.63, 3.8) is 0 Å². The molecule has 0 aliphatic rings. The SMILES string of the molecule is CC(C)(CO)c1nc(CCNC(=O)O)no1. The standard InChI is InChI=1S/C9H15N3O4/c1-9(2,5-13)7-11-6(12-16-7)3-4-10-8(14)15/h10,13H,3-5H2,1-2H3,(H,14,15). The van der Waals surface area contributed by atoms with Crippen LogP contribution in [0.2, 0.25) is 0 Å². The van der Waals surface area contributed by atoms with Gasteiger partial charge in [-0.3, -0.25) is 0 Å². The molecule has 0 aromatic carbocycles. The van der Waals surface area contributed by atoms with E-state index in [2.05, 4.69) is 15.5 Å². The first-order valence-electron chi connectivity index (χ1n) is 4.86. The van der Waals surface area contributed by atoms with Crippen LogP contribution in [0.1, 0.15) is 25.6 Å². The van der Waals surface area contributed by atoms with Gasteiger partial charge in [0.15, 0.2) is 5.82 Å². The summed E-state index contributed by atoms with van der Waals surface area (Å²) in [6, 6.07) is 0. The van der Waals surface area contributed by atoms with Gasteiger partial charge in [0, 0.05) is 13.0 Å². The predicted molar refractivity (Wildman–Crippen MR) is 54.1 cm³/mol. The van der Waals surface area contributed by atoms with Gasteiger partial charge in [0.05, 0.1) is 12.0 Å². The Kier molecular flexibility index (Phi) is 3.83. The fourth-order valence-electron chi connectivity index (χ4n) is 0.979. The van der Waals surface area contributed by atoms with E-state index < -0.39 is 11.5 Å². The second kappa shape index (κ2) is 4.93. The van der Waals surface area contributed by atoms with Crippen molar-refractivity contribution >= 4 is 6.09 Å². The van der Waals surface area contributed by atoms with Gasteiger partial charge in [-0.15, -0.1) is 0 Å². The Morgan fingerprint density at radius 3 is 2.81 bits per heavy atom. The van der Waals surface area contributed by atoms with Crippen molar-refractivity contribution < 1.29 is 19.5 Å². The summed E-state index contributed by atoms with van der Waals surface area (Å²) in [5.41, 5.74) is -0.578. The number of amides is 1. The zero-order valence-electron chi connectivity index (χ0n) is 9.23. The Hall–Kier alpha value is -1.63. The van der Waals surface area contributed by atoms with Gasteiger partial charge < -0.3 is 20.1 Å². The highest BCUT2D eigenvalue weighted by Crippen LogP contribution is 2.19. The zero-order chi connectivity index (χ0) is 12.2. The predicted octanol–water partition coefficient (Wildman–Crippen LogP) is 0.150. The number of carbonyl (C=O) groups is 1. The van der Waals surface area contributed by atoms with E-state index in [0.29, 0.717) is 18.1 Å². The summed E-state index contributed by atoms with van der Waals surface area (Å²) in [4.78, 5) is 14.3. The molecule has 16 heavy (non-hydrogen) atoms. The Bertz CT molecular complexity index is 361. The van der Waals surface area contributed by atoms with Gasteiger partial charge in [-0.1, -0.05) is 5.16 Å². The Morgan fingerprint density at radius 2 is 2.25 bits per heavy atom. The van der Waals surface area contributed by atoms with Crippen molar-refractivity contribution in [3.8, 4) is 0 Å². The highest BCUT2D eigenvalue weighted by Gasteiger charge is 2.26. The molecule has 90 valence electrons. The number of nitrogens with zero attached hydrogens (tertiary/aromatic N) is 2. The lowest BCUT2D eigenvalue weighted by molar-refractivity contribution is 0.182. The van der Waals surface area contributed by atoms with E-state index in [4.69, 9.17) is 14.7 Å². The third kappa shape index (κ3) is 3.20. The van der Waals surface area contributed by atoms with Gasteiger partial charge >= 0.3 is 6.09 Å². The van der Waals surface area contributed by atoms with Gasteiger partial charge in [0.2, 0.25) is 5.89 Å². The number of nitrogens with one attached hydrogen (secondary N) is 1. The van der Waals surface area contributed by atoms with Crippen molar-refractivity contribution in [2.75, 3.05) is 13.2 Å². The molecule has 1 aromatic rings. The molecule has 0 radical (unpaired) electrons. The Labute approximate surface area is 92.5 Å². The van der Waals surface area contributed by atoms with Crippen LogP contribution in [0.15, 0.2) is 4.52 Å². The Balaban J connectivity index is 2.55. The van der Waals surface area contributed by atoms with Crippen LogP contribution in [-0.4, -0.2) is 39.6 Å². The third-order valence-corrected chi connectivity index (χ3v) is 2.07. The molecule has 0 spiro atoms. The molecule has 0 bridgehead atoms. The maximum Gasteiger partial charge on any atom is 0.404 e. The van der Waals surface area contributed by atoms with E-state index in [-0.39, 0.29) is 13.2 Å². The fraction of sp³-hybridized carbons (Fsp3) is 0.667. The number of aromatic nitrogens is 2. The lowest BCUT2D eigenvalue weighted by Crippen LogP contribution is -2.24. The lowest BCUT2D eigenvalue weighted by Gasteiger charge is -2.14. The first-order valence-corrected chi connectivity index (χ1v) is 4.86. The summed E-state index contributed by atoms with van der Waals surface area (Å²) in [5.74, 6) is 0.769. The summed E-state index contributed by atoms with van der Waals surface area (Å²) in [6.07, 6.45) is -0.725. The molecule has 0 fully saturated rings. The van der Waals surface area contributed by atoms with Crippen LogP contribution in [0.4, 0.5) is 4.79 Å². The average molecular weight is 229 g/mol. The first kappa shape index (κ1) is 12.4. The average Bonchev–Trinajstić information content (AvgIpc) is 2.66. The minimum atomic E-state index is -1.08. The highest BCUT2D eigenvalue weighted by atomic mass is 16.5. The second-order valence-corrected chi connectivity index (χ2v) is 4.04. The summed E-state index contributed by atoms with van der Waals surface area (Å²) in [6.45, 7) is 3.69. The van der Waals surface area contributed by atoms with Crippen LogP contribution in [0, 0.1) is 0 Å². The van der Waals surface area contributed by atoms with Gasteiger partial charge in [-0.2, -0.15) is 4.98 Å². The Morgan fingerprint density at radius 1 is 1.56 bits per heavy atom. The minimum absolute atomic E-state index is 0.0952. The molecule has 0 aliphatic carbocycles. The maximum atomic E-state index is 10.2. The van der Waals surface area contributed by atoms with E-state index in [0.717, 1.165) is 0 Å². The van der Waals surface area contributed by atoms with Crippen LogP contribution < -0.4 is 5.32 Å². The molecule has 1 aromatic heterocycles. The lowest BCUT2D eigenvalue weighted by atomic mass is 9.95. The number of carboxylic acid groups (broad SMARTS) is 1. The topological polar surface area (TPSA) is 108 Å². The van der Waals surface area contributed by atoms with Crippen molar-refractivity contribution in [1.82, 2.24) is 15.5 Å². The molecule has 0 saturated carbocycles. The van der Waals surface area contributed by atoms with E-state index in [1.807, 2.05) is 0 Å². The van der Waals surface area contributed by atoms with Gasteiger partial charge in [0.1, 0.15) is 0 Å². The van der Waals surface area contributed by atoms with Crippen molar-refractivity contribution in [3.05, 3.63) is 11.7 Å². The first-order chi connectivity index (χ1) is 7.45. The summed E-state index contributed by atoms with van der Waals surface area (Å²) in [7, 11) is 0. The molecule has 7 nitrogen and oxygen atoms in total. The van der Waals surface area contributed by atoms with E-state index in [1.54, 1.807) is 13.8 Å². The monoisotopic (exact) mass is 229 g/mol. The van der Waals surface area contributed by atoms with E-state index in [9.17, 15) is 4.79 Å². The molecule has 0 aliphatic heterocycles. The number of rotatable bonds is 5. The van der Waals surface area contributed by atoms with Gasteiger partial charge in [0.25, 0.3) is 0 Å². The van der Waals surface area contributed by atoms with Crippen LogP contribution in [-0.2, 0) is 11.8 Å². The molecular weight excluding hydrogens is 214 g/mol. The molecule has 0 atom stereocenters. The molecule has 7 heteroatoms. The largest absolute Gasteiger partial charge is 0.465 e. The zero-order valence-corrected chi connectivity index (χ0v) is 9.23. The molecule has 1 heterocycles. The summed E-state index contributed by atoms with van der Waals surface area (Å²) < 4.78 is 4.98. The fourth-order valence-corrected chi connectivity index (χ4v) is 0.979. The van der Waals surface area contributed by atoms with Crippen LogP contribution >= 0.6 is 0 Å². The van der Waals surface area contributed by atoms with Crippen molar-refractivity contribution in [2.45, 2.75) is 25.7 Å². The highest BCUT2D eigenvalue weighted by molar-refractivity contribution is 5.64. The molecule has 0 unspecified atom stereocenters. The van der Waals surface area contributed by atoms with Gasteiger partial charge in [-0.25, -0.2) is 4.79 Å². The third-order valence-electron chi connectivity index (χ3n) is 2.07. The van der Waals surface area contributed by atoms with Gasteiger partial charge in [-0.05, 0) is 13.8 Å². The minimum Gasteiger partial charge on any atom is -0.465 e. The van der Waals surface area contributed by atoms with Crippen LogP contribution in [0.25, 0.3) is 0 Å². The maximum absolute atomic E-state index is 10.2. The van der Waals surface area contributed by atoms with E-state index >= 15 is 0 Å². The molecule has 3 N–H and O–H groups in total. The molecule has 1 rings (SSSR count). The summed E-state index contributed by atoms with van der Waals surface area (Å²) >= 11 is 0. The normalized spacial score (nSPS) is 11.4.